The Morgan fingerprint density at radius 1 is 1.32 bits per heavy atom. The molecule has 0 saturated carbocycles. The zero-order chi connectivity index (χ0) is 19.9. The number of benzene rings is 1. The van der Waals surface area contributed by atoms with Crippen molar-refractivity contribution in [2.45, 2.75) is 51.1 Å². The standard InChI is InChI=1S/C21H26N4O3/c1-2-16(14-26)24-20(27)18-9-6-12-25(18)21(28)19-22-13-17(23-19)11-10-15-7-4-3-5-8-15/h3-5,7-8,13-14,16,18H,2,6,9-12H2,1H3,(H,22,23)(H,24,27)/t16-,18-/m0/s1. The molecule has 7 nitrogen and oxygen atoms in total. The number of nitrogens with zero attached hydrogens (tertiary/aromatic N) is 2. The maximum Gasteiger partial charge on any atom is 0.290 e. The van der Waals surface area contributed by atoms with Gasteiger partial charge in [0.15, 0.2) is 5.82 Å². The third-order valence-electron chi connectivity index (χ3n) is 5.10. The number of nitrogens with one attached hydrogen (secondary N) is 2. The van der Waals surface area contributed by atoms with E-state index in [1.54, 1.807) is 11.1 Å². The summed E-state index contributed by atoms with van der Waals surface area (Å²) in [4.78, 5) is 45.2. The van der Waals surface area contributed by atoms with Gasteiger partial charge in [0.05, 0.1) is 6.04 Å². The van der Waals surface area contributed by atoms with Crippen molar-refractivity contribution in [3.8, 4) is 0 Å². The molecule has 0 radical (unpaired) electrons. The van der Waals surface area contributed by atoms with Crippen LogP contribution in [0.3, 0.4) is 0 Å². The predicted octanol–water partition coefficient (Wildman–Crippen LogP) is 1.89. The van der Waals surface area contributed by atoms with E-state index in [2.05, 4.69) is 27.4 Å². The summed E-state index contributed by atoms with van der Waals surface area (Å²) in [7, 11) is 0. The zero-order valence-corrected chi connectivity index (χ0v) is 16.1. The molecule has 0 bridgehead atoms. The number of imidazole rings is 1. The van der Waals surface area contributed by atoms with Gasteiger partial charge >= 0.3 is 0 Å². The summed E-state index contributed by atoms with van der Waals surface area (Å²) in [5, 5.41) is 2.71. The first kappa shape index (κ1) is 19.8. The topological polar surface area (TPSA) is 95.2 Å². The second kappa shape index (κ2) is 9.30. The second-order valence-corrected chi connectivity index (χ2v) is 7.06. The zero-order valence-electron chi connectivity index (χ0n) is 16.1. The lowest BCUT2D eigenvalue weighted by Crippen LogP contribution is -2.49. The molecule has 2 aromatic rings. The maximum absolute atomic E-state index is 12.9. The van der Waals surface area contributed by atoms with Gasteiger partial charge in [-0.05, 0) is 37.7 Å². The van der Waals surface area contributed by atoms with Gasteiger partial charge in [-0.25, -0.2) is 4.98 Å². The minimum Gasteiger partial charge on any atom is -0.345 e. The third kappa shape index (κ3) is 4.65. The molecule has 2 N–H and O–H groups in total. The van der Waals surface area contributed by atoms with Crippen molar-refractivity contribution in [3.63, 3.8) is 0 Å². The number of carbonyl (C=O) groups excluding carboxylic acids is 3. The van der Waals surface area contributed by atoms with Gasteiger partial charge in [0.2, 0.25) is 5.91 Å². The molecule has 1 saturated heterocycles. The number of aryl methyl sites for hydroxylation is 2. The number of carbonyl (C=O) groups is 3. The van der Waals surface area contributed by atoms with Crippen molar-refractivity contribution < 1.29 is 14.4 Å². The number of rotatable bonds is 8. The normalized spacial score (nSPS) is 17.3. The average molecular weight is 382 g/mol. The highest BCUT2D eigenvalue weighted by molar-refractivity contribution is 5.95. The Balaban J connectivity index is 1.62. The lowest BCUT2D eigenvalue weighted by molar-refractivity contribution is -0.127. The Morgan fingerprint density at radius 2 is 2.11 bits per heavy atom. The van der Waals surface area contributed by atoms with Gasteiger partial charge in [-0.1, -0.05) is 37.3 Å². The molecule has 28 heavy (non-hydrogen) atoms. The molecular weight excluding hydrogens is 356 g/mol. The highest BCUT2D eigenvalue weighted by Gasteiger charge is 2.36. The van der Waals surface area contributed by atoms with Crippen LogP contribution in [0.4, 0.5) is 0 Å². The van der Waals surface area contributed by atoms with Gasteiger partial charge < -0.3 is 20.0 Å². The quantitative estimate of drug-likeness (QED) is 0.682. The molecule has 1 aliphatic rings. The van der Waals surface area contributed by atoms with Crippen LogP contribution in [0.2, 0.25) is 0 Å². The Bertz CT molecular complexity index is 818. The van der Waals surface area contributed by atoms with E-state index in [9.17, 15) is 14.4 Å². The van der Waals surface area contributed by atoms with Crippen molar-refractivity contribution in [2.75, 3.05) is 6.54 Å². The summed E-state index contributed by atoms with van der Waals surface area (Å²) in [6.45, 7) is 2.34. The molecular formula is C21H26N4O3. The van der Waals surface area contributed by atoms with E-state index in [4.69, 9.17) is 0 Å². The monoisotopic (exact) mass is 382 g/mol. The van der Waals surface area contributed by atoms with Gasteiger partial charge in [0, 0.05) is 18.4 Å². The van der Waals surface area contributed by atoms with Crippen molar-refractivity contribution in [1.82, 2.24) is 20.2 Å². The molecule has 148 valence electrons. The first-order valence-electron chi connectivity index (χ1n) is 9.76. The average Bonchev–Trinajstić information content (AvgIpc) is 3.40. The van der Waals surface area contributed by atoms with Gasteiger partial charge in [0.25, 0.3) is 5.91 Å². The van der Waals surface area contributed by atoms with Gasteiger partial charge in [0.1, 0.15) is 12.3 Å². The van der Waals surface area contributed by atoms with Crippen LogP contribution in [-0.4, -0.2) is 51.6 Å². The van der Waals surface area contributed by atoms with Gasteiger partial charge in [-0.15, -0.1) is 0 Å². The Morgan fingerprint density at radius 3 is 2.82 bits per heavy atom. The van der Waals surface area contributed by atoms with Crippen molar-refractivity contribution in [1.29, 1.82) is 0 Å². The first-order valence-corrected chi connectivity index (χ1v) is 9.76. The number of aromatic amines is 1. The second-order valence-electron chi connectivity index (χ2n) is 7.06. The van der Waals surface area contributed by atoms with Crippen LogP contribution in [0.25, 0.3) is 0 Å². The summed E-state index contributed by atoms with van der Waals surface area (Å²) >= 11 is 0. The fourth-order valence-electron chi connectivity index (χ4n) is 3.45. The van der Waals surface area contributed by atoms with Crippen LogP contribution < -0.4 is 5.32 Å². The van der Waals surface area contributed by atoms with E-state index in [0.717, 1.165) is 31.2 Å². The van der Waals surface area contributed by atoms with Crippen LogP contribution in [0.15, 0.2) is 36.5 Å². The molecule has 2 amide bonds. The maximum atomic E-state index is 12.9. The summed E-state index contributed by atoms with van der Waals surface area (Å²) in [5.41, 5.74) is 2.11. The van der Waals surface area contributed by atoms with Crippen LogP contribution in [0.5, 0.6) is 0 Å². The molecule has 1 aromatic carbocycles. The van der Waals surface area contributed by atoms with Crippen LogP contribution in [0, 0.1) is 0 Å². The Kier molecular flexibility index (Phi) is 6.57. The Labute approximate surface area is 164 Å². The van der Waals surface area contributed by atoms with E-state index in [-0.39, 0.29) is 17.6 Å². The fraction of sp³-hybridized carbons (Fsp3) is 0.429. The summed E-state index contributed by atoms with van der Waals surface area (Å²) in [6.07, 6.45) is 5.89. The predicted molar refractivity (Wildman–Crippen MR) is 105 cm³/mol. The van der Waals surface area contributed by atoms with Crippen LogP contribution in [-0.2, 0) is 22.4 Å². The first-order chi connectivity index (χ1) is 13.6. The van der Waals surface area contributed by atoms with Crippen molar-refractivity contribution in [2.24, 2.45) is 0 Å². The molecule has 3 rings (SSSR count). The minimum atomic E-state index is -0.556. The molecule has 7 heteroatoms. The summed E-state index contributed by atoms with van der Waals surface area (Å²) in [5.74, 6) is -0.298. The number of H-pyrrole nitrogens is 1. The molecule has 1 aromatic heterocycles. The largest absolute Gasteiger partial charge is 0.345 e. The van der Waals surface area contributed by atoms with E-state index < -0.39 is 12.1 Å². The minimum absolute atomic E-state index is 0.255. The lowest BCUT2D eigenvalue weighted by Gasteiger charge is -2.24. The van der Waals surface area contributed by atoms with Gasteiger partial charge in [-0.2, -0.15) is 0 Å². The number of hydrogen-bond acceptors (Lipinski definition) is 4. The number of aromatic nitrogens is 2. The molecule has 1 fully saturated rings. The Hall–Kier alpha value is -2.96. The highest BCUT2D eigenvalue weighted by atomic mass is 16.2. The van der Waals surface area contributed by atoms with Gasteiger partial charge in [-0.3, -0.25) is 9.59 Å². The van der Waals surface area contributed by atoms with Crippen molar-refractivity contribution in [3.05, 3.63) is 53.6 Å². The highest BCUT2D eigenvalue weighted by Crippen LogP contribution is 2.20. The van der Waals surface area contributed by atoms with Crippen molar-refractivity contribution >= 4 is 18.1 Å². The third-order valence-corrected chi connectivity index (χ3v) is 5.10. The molecule has 1 aliphatic heterocycles. The molecule has 2 heterocycles. The smallest absolute Gasteiger partial charge is 0.290 e. The van der Waals surface area contributed by atoms with E-state index in [0.29, 0.717) is 19.4 Å². The number of likely N-dealkylation sites (tertiary alicyclic amines) is 1. The fourth-order valence-corrected chi connectivity index (χ4v) is 3.45. The number of aldehydes is 1. The molecule has 0 unspecified atom stereocenters. The summed E-state index contributed by atoms with van der Waals surface area (Å²) < 4.78 is 0. The van der Waals surface area contributed by atoms with E-state index in [1.165, 1.54) is 5.56 Å². The SMILES string of the molecule is CC[C@@H](C=O)NC(=O)[C@@H]1CCCN1C(=O)c1ncc(CCc2ccccc2)[nH]1. The molecule has 0 spiro atoms. The number of hydrogen-bond donors (Lipinski definition) is 2. The molecule has 2 atom stereocenters. The molecule has 0 aliphatic carbocycles. The summed E-state index contributed by atoms with van der Waals surface area (Å²) in [6, 6.07) is 9.05. The van der Waals surface area contributed by atoms with Crippen LogP contribution >= 0.6 is 0 Å². The van der Waals surface area contributed by atoms with Crippen LogP contribution in [0.1, 0.15) is 48.1 Å². The van der Waals surface area contributed by atoms with E-state index in [1.807, 2.05) is 25.1 Å². The van der Waals surface area contributed by atoms with E-state index >= 15 is 0 Å². The lowest BCUT2D eigenvalue weighted by atomic mass is 10.1. The number of amides is 2.